The number of rotatable bonds is 5. The lowest BCUT2D eigenvalue weighted by molar-refractivity contribution is 0.409. The average molecular weight is 274 g/mol. The van der Waals surface area contributed by atoms with E-state index in [1.54, 1.807) is 19.2 Å². The fraction of sp³-hybridized carbons (Fsp3) is 0.250. The van der Waals surface area contributed by atoms with E-state index in [-0.39, 0.29) is 5.82 Å². The quantitative estimate of drug-likeness (QED) is 0.911. The molecule has 106 valence electrons. The summed E-state index contributed by atoms with van der Waals surface area (Å²) in [5.74, 6) is 0.598. The number of methoxy groups -OCH3 is 1. The third-order valence-corrected chi connectivity index (χ3v) is 3.26. The Morgan fingerprint density at radius 2 is 1.85 bits per heavy atom. The maximum absolute atomic E-state index is 12.9. The van der Waals surface area contributed by atoms with Gasteiger partial charge in [-0.25, -0.2) is 4.39 Å². The largest absolute Gasteiger partial charge is 0.496 e. The van der Waals surface area contributed by atoms with Gasteiger partial charge in [0.1, 0.15) is 11.6 Å². The van der Waals surface area contributed by atoms with Crippen molar-refractivity contribution in [3.8, 4) is 5.75 Å². The molecule has 0 spiro atoms. The lowest BCUT2D eigenvalue weighted by Crippen LogP contribution is -2.17. The standard InChI is InChI=1S/C16H19FN2O/c1-19(15-6-4-14(17)5-7-15)11-13-9-12(10-18)3-8-16(13)20-2/h3-9H,10-11,18H2,1-2H3. The second-order valence-corrected chi connectivity index (χ2v) is 4.68. The lowest BCUT2D eigenvalue weighted by Gasteiger charge is -2.21. The molecule has 3 nitrogen and oxygen atoms in total. The number of halogens is 1. The highest BCUT2D eigenvalue weighted by atomic mass is 19.1. The summed E-state index contributed by atoms with van der Waals surface area (Å²) in [4.78, 5) is 2.04. The predicted octanol–water partition coefficient (Wildman–Crippen LogP) is 2.93. The number of ether oxygens (including phenoxy) is 1. The Morgan fingerprint density at radius 1 is 1.15 bits per heavy atom. The number of nitrogens with zero attached hydrogens (tertiary/aromatic N) is 1. The van der Waals surface area contributed by atoms with E-state index in [1.165, 1.54) is 12.1 Å². The second-order valence-electron chi connectivity index (χ2n) is 4.68. The molecule has 0 radical (unpaired) electrons. The highest BCUT2D eigenvalue weighted by molar-refractivity contribution is 5.48. The van der Waals surface area contributed by atoms with Crippen LogP contribution in [0.4, 0.5) is 10.1 Å². The van der Waals surface area contributed by atoms with Crippen LogP contribution in [0.5, 0.6) is 5.75 Å². The van der Waals surface area contributed by atoms with E-state index in [9.17, 15) is 4.39 Å². The molecule has 0 saturated heterocycles. The summed E-state index contributed by atoms with van der Waals surface area (Å²) in [6, 6.07) is 12.4. The van der Waals surface area contributed by atoms with Crippen molar-refractivity contribution < 1.29 is 9.13 Å². The number of benzene rings is 2. The fourth-order valence-corrected chi connectivity index (χ4v) is 2.12. The third-order valence-electron chi connectivity index (χ3n) is 3.26. The van der Waals surface area contributed by atoms with Crippen LogP contribution in [0.2, 0.25) is 0 Å². The molecule has 20 heavy (non-hydrogen) atoms. The predicted molar refractivity (Wildman–Crippen MR) is 79.4 cm³/mol. The molecule has 2 aromatic rings. The summed E-state index contributed by atoms with van der Waals surface area (Å²) in [6.07, 6.45) is 0. The van der Waals surface area contributed by atoms with Crippen LogP contribution in [0, 0.1) is 5.82 Å². The highest BCUT2D eigenvalue weighted by Crippen LogP contribution is 2.23. The SMILES string of the molecule is COc1ccc(CN)cc1CN(C)c1ccc(F)cc1. The zero-order valence-corrected chi connectivity index (χ0v) is 11.8. The van der Waals surface area contributed by atoms with Crippen LogP contribution in [0.15, 0.2) is 42.5 Å². The first kappa shape index (κ1) is 14.3. The summed E-state index contributed by atoms with van der Waals surface area (Å²) in [5.41, 5.74) is 8.74. The molecule has 2 rings (SSSR count). The van der Waals surface area contributed by atoms with Gasteiger partial charge in [0.2, 0.25) is 0 Å². The number of anilines is 1. The minimum absolute atomic E-state index is 0.232. The maximum Gasteiger partial charge on any atom is 0.123 e. The van der Waals surface area contributed by atoms with Gasteiger partial charge >= 0.3 is 0 Å². The van der Waals surface area contributed by atoms with Gasteiger partial charge in [-0.15, -0.1) is 0 Å². The van der Waals surface area contributed by atoms with Gasteiger partial charge in [-0.2, -0.15) is 0 Å². The number of hydrogen-bond acceptors (Lipinski definition) is 3. The molecule has 0 amide bonds. The van der Waals surface area contributed by atoms with Crippen molar-refractivity contribution in [3.05, 3.63) is 59.4 Å². The topological polar surface area (TPSA) is 38.5 Å². The third kappa shape index (κ3) is 3.27. The average Bonchev–Trinajstić information content (AvgIpc) is 2.47. The van der Waals surface area contributed by atoms with E-state index in [2.05, 4.69) is 0 Å². The molecule has 0 aliphatic carbocycles. The Balaban J connectivity index is 2.21. The van der Waals surface area contributed by atoms with Crippen molar-refractivity contribution in [2.75, 3.05) is 19.1 Å². The lowest BCUT2D eigenvalue weighted by atomic mass is 10.1. The molecule has 0 heterocycles. The Morgan fingerprint density at radius 3 is 2.45 bits per heavy atom. The molecule has 0 atom stereocenters. The first-order valence-electron chi connectivity index (χ1n) is 6.46. The molecule has 4 heteroatoms. The van der Waals surface area contributed by atoms with E-state index in [0.29, 0.717) is 13.1 Å². The smallest absolute Gasteiger partial charge is 0.123 e. The normalized spacial score (nSPS) is 10.4. The molecule has 0 aliphatic heterocycles. The summed E-state index contributed by atoms with van der Waals surface area (Å²) in [7, 11) is 3.61. The Kier molecular flexibility index (Phi) is 4.58. The van der Waals surface area contributed by atoms with Crippen LogP contribution in [0.25, 0.3) is 0 Å². The summed E-state index contributed by atoms with van der Waals surface area (Å²) >= 11 is 0. The number of nitrogens with two attached hydrogens (primary N) is 1. The van der Waals surface area contributed by atoms with Gasteiger partial charge in [0.15, 0.2) is 0 Å². The van der Waals surface area contributed by atoms with Crippen LogP contribution in [-0.2, 0) is 13.1 Å². The van der Waals surface area contributed by atoms with Crippen LogP contribution < -0.4 is 15.4 Å². The molecule has 0 unspecified atom stereocenters. The van der Waals surface area contributed by atoms with Crippen molar-refractivity contribution in [2.24, 2.45) is 5.73 Å². The summed E-state index contributed by atoms with van der Waals surface area (Å²) in [5, 5.41) is 0. The summed E-state index contributed by atoms with van der Waals surface area (Å²) in [6.45, 7) is 1.17. The first-order chi connectivity index (χ1) is 9.63. The molecular formula is C16H19FN2O. The second kappa shape index (κ2) is 6.39. The Labute approximate surface area is 118 Å². The van der Waals surface area contributed by atoms with Gasteiger partial charge in [0, 0.05) is 31.4 Å². The fourth-order valence-electron chi connectivity index (χ4n) is 2.12. The van der Waals surface area contributed by atoms with Crippen LogP contribution in [-0.4, -0.2) is 14.2 Å². The van der Waals surface area contributed by atoms with E-state index < -0.39 is 0 Å². The van der Waals surface area contributed by atoms with Gasteiger partial charge < -0.3 is 15.4 Å². The van der Waals surface area contributed by atoms with Gasteiger partial charge in [0.25, 0.3) is 0 Å². The molecule has 0 aliphatic rings. The minimum atomic E-state index is -0.232. The minimum Gasteiger partial charge on any atom is -0.496 e. The van der Waals surface area contributed by atoms with Crippen molar-refractivity contribution >= 4 is 5.69 Å². The Hall–Kier alpha value is -2.07. The van der Waals surface area contributed by atoms with Crippen LogP contribution in [0.1, 0.15) is 11.1 Å². The van der Waals surface area contributed by atoms with Crippen molar-refractivity contribution in [3.63, 3.8) is 0 Å². The van der Waals surface area contributed by atoms with Crippen molar-refractivity contribution in [1.82, 2.24) is 0 Å². The molecular weight excluding hydrogens is 255 g/mol. The monoisotopic (exact) mass is 274 g/mol. The van der Waals surface area contributed by atoms with Crippen molar-refractivity contribution in [2.45, 2.75) is 13.1 Å². The van der Waals surface area contributed by atoms with Crippen LogP contribution >= 0.6 is 0 Å². The van der Waals surface area contributed by atoms with Gasteiger partial charge in [-0.1, -0.05) is 6.07 Å². The number of hydrogen-bond donors (Lipinski definition) is 1. The molecule has 0 aromatic heterocycles. The molecule has 0 fully saturated rings. The summed E-state index contributed by atoms with van der Waals surface area (Å²) < 4.78 is 18.3. The first-order valence-corrected chi connectivity index (χ1v) is 6.46. The molecule has 0 bridgehead atoms. The van der Waals surface area contributed by atoms with E-state index in [0.717, 1.165) is 22.6 Å². The van der Waals surface area contributed by atoms with E-state index in [4.69, 9.17) is 10.5 Å². The van der Waals surface area contributed by atoms with Gasteiger partial charge in [-0.3, -0.25) is 0 Å². The van der Waals surface area contributed by atoms with E-state index in [1.807, 2.05) is 30.1 Å². The Bertz CT molecular complexity index is 569. The van der Waals surface area contributed by atoms with E-state index >= 15 is 0 Å². The van der Waals surface area contributed by atoms with Crippen LogP contribution in [0.3, 0.4) is 0 Å². The van der Waals surface area contributed by atoms with Gasteiger partial charge in [-0.05, 0) is 42.0 Å². The van der Waals surface area contributed by atoms with Crippen molar-refractivity contribution in [1.29, 1.82) is 0 Å². The van der Waals surface area contributed by atoms with Gasteiger partial charge in [0.05, 0.1) is 7.11 Å². The highest BCUT2D eigenvalue weighted by Gasteiger charge is 2.08. The molecule has 2 N–H and O–H groups in total. The zero-order chi connectivity index (χ0) is 14.5. The zero-order valence-electron chi connectivity index (χ0n) is 11.8. The maximum atomic E-state index is 12.9. The molecule has 0 saturated carbocycles. The molecule has 2 aromatic carbocycles.